The van der Waals surface area contributed by atoms with Crippen molar-refractivity contribution in [2.45, 2.75) is 24.9 Å². The summed E-state index contributed by atoms with van der Waals surface area (Å²) in [6.45, 7) is 4.59. The van der Waals surface area contributed by atoms with Crippen LogP contribution in [0.5, 0.6) is 0 Å². The quantitative estimate of drug-likeness (QED) is 0.704. The van der Waals surface area contributed by atoms with Crippen LogP contribution in [0.1, 0.15) is 13.8 Å². The molecule has 0 aliphatic carbocycles. The predicted octanol–water partition coefficient (Wildman–Crippen LogP) is 3.71. The summed E-state index contributed by atoms with van der Waals surface area (Å²) in [6.07, 6.45) is -4.98. The molecule has 0 saturated heterocycles. The van der Waals surface area contributed by atoms with Gasteiger partial charge in [-0.1, -0.05) is 0 Å². The molecular formula is C13H19F3NO4PS. The molecule has 0 unspecified atom stereocenters. The van der Waals surface area contributed by atoms with Crippen molar-refractivity contribution in [1.29, 1.82) is 0 Å². The van der Waals surface area contributed by atoms with Gasteiger partial charge in [-0.25, -0.2) is 0 Å². The molecule has 1 rings (SSSR count). The van der Waals surface area contributed by atoms with Crippen molar-refractivity contribution in [3.63, 3.8) is 0 Å². The van der Waals surface area contributed by atoms with Crippen LogP contribution in [0.3, 0.4) is 0 Å². The van der Waals surface area contributed by atoms with E-state index in [0.717, 1.165) is 0 Å². The first kappa shape index (κ1) is 19.9. The van der Waals surface area contributed by atoms with Gasteiger partial charge in [0.1, 0.15) is 0 Å². The second-order valence-corrected chi connectivity index (χ2v) is 7.75. The SMILES string of the molecule is CCO[PH2](Nc1ccc(S(=O)(=O)C=CC(F)(F)F)cc1)OCC. The van der Waals surface area contributed by atoms with Crippen LogP contribution in [0.2, 0.25) is 0 Å². The third kappa shape index (κ3) is 7.30. The van der Waals surface area contributed by atoms with Crippen molar-refractivity contribution >= 4 is 24.1 Å². The van der Waals surface area contributed by atoms with E-state index < -0.39 is 24.5 Å². The first-order valence-corrected chi connectivity index (χ1v) is 9.85. The third-order valence-electron chi connectivity index (χ3n) is 2.54. The van der Waals surface area contributed by atoms with Gasteiger partial charge in [0.15, 0.2) is 0 Å². The van der Waals surface area contributed by atoms with Crippen molar-refractivity contribution in [3.8, 4) is 0 Å². The van der Waals surface area contributed by atoms with Gasteiger partial charge in [0.2, 0.25) is 0 Å². The number of benzene rings is 1. The van der Waals surface area contributed by atoms with Crippen molar-refractivity contribution in [3.05, 3.63) is 35.7 Å². The maximum absolute atomic E-state index is 12.1. The van der Waals surface area contributed by atoms with Gasteiger partial charge >= 0.3 is 134 Å². The molecule has 5 nitrogen and oxygen atoms in total. The van der Waals surface area contributed by atoms with Crippen molar-refractivity contribution in [2.24, 2.45) is 0 Å². The van der Waals surface area contributed by atoms with Crippen LogP contribution in [-0.2, 0) is 18.9 Å². The molecule has 0 saturated carbocycles. The molecule has 1 aromatic rings. The summed E-state index contributed by atoms with van der Waals surface area (Å²) in [5.41, 5.74) is 0.572. The minimum atomic E-state index is -4.68. The van der Waals surface area contributed by atoms with Crippen LogP contribution >= 0.6 is 8.53 Å². The fourth-order valence-corrected chi connectivity index (χ4v) is 3.90. The zero-order valence-electron chi connectivity index (χ0n) is 12.6. The summed E-state index contributed by atoms with van der Waals surface area (Å²) < 4.78 is 70.6. The van der Waals surface area contributed by atoms with Gasteiger partial charge in [0.05, 0.1) is 0 Å². The van der Waals surface area contributed by atoms with Crippen LogP contribution < -0.4 is 5.09 Å². The molecule has 132 valence electrons. The van der Waals surface area contributed by atoms with Crippen LogP contribution in [0.4, 0.5) is 18.9 Å². The molecule has 0 spiro atoms. The summed E-state index contributed by atoms with van der Waals surface area (Å²) >= 11 is 0. The third-order valence-corrected chi connectivity index (χ3v) is 5.80. The zero-order valence-corrected chi connectivity index (χ0v) is 14.6. The molecule has 0 atom stereocenters. The van der Waals surface area contributed by atoms with Gasteiger partial charge in [-0.15, -0.1) is 0 Å². The van der Waals surface area contributed by atoms with E-state index in [1.807, 2.05) is 13.8 Å². The summed E-state index contributed by atoms with van der Waals surface area (Å²) in [4.78, 5) is -0.227. The number of hydrogen-bond donors (Lipinski definition) is 1. The van der Waals surface area contributed by atoms with Crippen LogP contribution in [0.25, 0.3) is 0 Å². The Balaban J connectivity index is 2.85. The molecule has 10 heteroatoms. The van der Waals surface area contributed by atoms with Gasteiger partial charge in [0.25, 0.3) is 0 Å². The number of nitrogens with one attached hydrogen (secondary N) is 1. The molecule has 0 heterocycles. The molecule has 0 aromatic heterocycles. The Bertz CT molecular complexity index is 611. The standard InChI is InChI=1S/C13H19F3NO4PS/c1-3-20-22(21-4-2)17-11-5-7-12(8-6-11)23(18,19)10-9-13(14,15)16/h5-10,17H,3-4,22H2,1-2H3. The molecule has 0 bridgehead atoms. The Morgan fingerprint density at radius 1 is 1.13 bits per heavy atom. The Morgan fingerprint density at radius 2 is 1.65 bits per heavy atom. The zero-order chi connectivity index (χ0) is 17.5. The van der Waals surface area contributed by atoms with Gasteiger partial charge in [0, 0.05) is 0 Å². The first-order chi connectivity index (χ1) is 10.7. The Kier molecular flexibility index (Phi) is 7.47. The van der Waals surface area contributed by atoms with Gasteiger partial charge in [-0.3, -0.25) is 0 Å². The van der Waals surface area contributed by atoms with E-state index in [0.29, 0.717) is 18.9 Å². The average Bonchev–Trinajstić information content (AvgIpc) is 2.46. The first-order valence-electron chi connectivity index (χ1n) is 6.79. The minimum absolute atomic E-state index is 0.146. The van der Waals surface area contributed by atoms with E-state index in [2.05, 4.69) is 5.09 Å². The molecule has 0 radical (unpaired) electrons. The predicted molar refractivity (Wildman–Crippen MR) is 85.4 cm³/mol. The number of hydrogen-bond acceptors (Lipinski definition) is 5. The summed E-state index contributed by atoms with van der Waals surface area (Å²) in [6, 6.07) is 5.35. The molecule has 1 aromatic carbocycles. The molecule has 23 heavy (non-hydrogen) atoms. The van der Waals surface area contributed by atoms with Gasteiger partial charge < -0.3 is 0 Å². The van der Waals surface area contributed by atoms with Gasteiger partial charge in [-0.2, -0.15) is 0 Å². The number of alkyl halides is 3. The summed E-state index contributed by atoms with van der Waals surface area (Å²) in [5.74, 6) is 0. The fourth-order valence-electron chi connectivity index (χ4n) is 1.56. The number of rotatable bonds is 8. The van der Waals surface area contributed by atoms with Crippen LogP contribution in [-0.4, -0.2) is 27.8 Å². The second-order valence-electron chi connectivity index (χ2n) is 4.30. The molecule has 0 aliphatic heterocycles. The number of anilines is 1. The van der Waals surface area contributed by atoms with E-state index in [1.54, 1.807) is 0 Å². The Morgan fingerprint density at radius 3 is 2.09 bits per heavy atom. The molecule has 0 aliphatic rings. The average molecular weight is 373 g/mol. The van der Waals surface area contributed by atoms with Crippen LogP contribution in [0, 0.1) is 0 Å². The summed E-state index contributed by atoms with van der Waals surface area (Å²) in [7, 11) is -6.26. The number of sulfone groups is 1. The van der Waals surface area contributed by atoms with E-state index in [4.69, 9.17) is 9.05 Å². The fraction of sp³-hybridized carbons (Fsp3) is 0.385. The topological polar surface area (TPSA) is 64.6 Å². The number of allylic oxidation sites excluding steroid dienone is 1. The van der Waals surface area contributed by atoms with Crippen molar-refractivity contribution < 1.29 is 30.6 Å². The normalized spacial score (nSPS) is 13.3. The molecule has 1 N–H and O–H groups in total. The number of halogens is 3. The Hall–Kier alpha value is -1.15. The van der Waals surface area contributed by atoms with Crippen molar-refractivity contribution in [2.75, 3.05) is 18.3 Å². The van der Waals surface area contributed by atoms with Crippen molar-refractivity contribution in [1.82, 2.24) is 0 Å². The van der Waals surface area contributed by atoms with E-state index in [-0.39, 0.29) is 16.4 Å². The van der Waals surface area contributed by atoms with Gasteiger partial charge in [-0.05, 0) is 0 Å². The molecular weight excluding hydrogens is 354 g/mol. The van der Waals surface area contributed by atoms with Crippen LogP contribution in [0.15, 0.2) is 40.6 Å². The summed E-state index contributed by atoms with van der Waals surface area (Å²) in [5, 5.41) is 3.16. The van der Waals surface area contributed by atoms with E-state index in [1.165, 1.54) is 24.3 Å². The van der Waals surface area contributed by atoms with E-state index >= 15 is 0 Å². The Labute approximate surface area is 134 Å². The maximum atomic E-state index is 12.1. The van der Waals surface area contributed by atoms with E-state index in [9.17, 15) is 21.6 Å². The second kappa shape index (κ2) is 8.63. The molecule has 0 amide bonds. The molecule has 0 fully saturated rings. The monoisotopic (exact) mass is 373 g/mol.